The SMILES string of the molecule is CCN(C)CCCN(C)c1ccc(C=CC=C2CCC(=CC=Cc3ccc(N(C)CCCN(C)CC)cc3)C2=O)cc1. The molecule has 0 radical (unpaired) electrons. The molecule has 2 aromatic rings. The van der Waals surface area contributed by atoms with Crippen molar-refractivity contribution >= 4 is 29.3 Å². The lowest BCUT2D eigenvalue weighted by molar-refractivity contribution is -0.111. The van der Waals surface area contributed by atoms with Crippen LogP contribution in [-0.4, -0.2) is 83.0 Å². The van der Waals surface area contributed by atoms with Crippen LogP contribution in [0.3, 0.4) is 0 Å². The molecule has 5 nitrogen and oxygen atoms in total. The normalized spacial score (nSPS) is 15.9. The standard InChI is InChI=1S/C37H52N4O/c1-7-38(3)27-11-29-40(5)35-23-17-31(18-24-35)13-9-15-33-21-22-34(37(33)42)16-10-14-32-19-25-36(26-20-32)41(6)30-12-28-39(4)8-2/h9-10,13-20,23-26H,7-8,11-12,21-22,27-30H2,1-6H3. The van der Waals surface area contributed by atoms with Crippen molar-refractivity contribution in [2.75, 3.05) is 77.3 Å². The molecule has 0 aliphatic heterocycles. The van der Waals surface area contributed by atoms with Gasteiger partial charge in [-0.2, -0.15) is 0 Å². The predicted molar refractivity (Wildman–Crippen MR) is 183 cm³/mol. The van der Waals surface area contributed by atoms with E-state index in [1.54, 1.807) is 0 Å². The fraction of sp³-hybridized carbons (Fsp3) is 0.432. The van der Waals surface area contributed by atoms with E-state index in [1.807, 2.05) is 24.3 Å². The van der Waals surface area contributed by atoms with E-state index < -0.39 is 0 Å². The quantitative estimate of drug-likeness (QED) is 0.200. The van der Waals surface area contributed by atoms with Gasteiger partial charge in [0, 0.05) is 49.7 Å². The van der Waals surface area contributed by atoms with E-state index in [2.05, 4.69) is 122 Å². The van der Waals surface area contributed by atoms with E-state index in [9.17, 15) is 4.79 Å². The highest BCUT2D eigenvalue weighted by molar-refractivity contribution is 6.11. The number of rotatable bonds is 16. The van der Waals surface area contributed by atoms with Crippen molar-refractivity contribution in [3.8, 4) is 0 Å². The van der Waals surface area contributed by atoms with Crippen LogP contribution in [-0.2, 0) is 4.79 Å². The van der Waals surface area contributed by atoms with Crippen LogP contribution >= 0.6 is 0 Å². The summed E-state index contributed by atoms with van der Waals surface area (Å²) in [4.78, 5) is 22.2. The van der Waals surface area contributed by atoms with Gasteiger partial charge in [0.15, 0.2) is 5.78 Å². The number of allylic oxidation sites excluding steroid dienone is 6. The van der Waals surface area contributed by atoms with Gasteiger partial charge < -0.3 is 19.6 Å². The molecule has 2 aromatic carbocycles. The molecule has 0 atom stereocenters. The van der Waals surface area contributed by atoms with Crippen molar-refractivity contribution in [2.45, 2.75) is 39.5 Å². The van der Waals surface area contributed by atoms with E-state index >= 15 is 0 Å². The summed E-state index contributed by atoms with van der Waals surface area (Å²) in [7, 11) is 8.63. The van der Waals surface area contributed by atoms with Crippen molar-refractivity contribution < 1.29 is 4.79 Å². The Kier molecular flexibility index (Phi) is 13.8. The lowest BCUT2D eigenvalue weighted by Crippen LogP contribution is -2.25. The van der Waals surface area contributed by atoms with Crippen LogP contribution in [0, 0.1) is 0 Å². The van der Waals surface area contributed by atoms with Gasteiger partial charge in [0.1, 0.15) is 0 Å². The Bertz CT molecular complexity index is 1130. The maximum atomic E-state index is 12.9. The molecular weight excluding hydrogens is 516 g/mol. The zero-order valence-corrected chi connectivity index (χ0v) is 26.9. The summed E-state index contributed by atoms with van der Waals surface area (Å²) < 4.78 is 0. The Labute approximate surface area is 255 Å². The molecule has 42 heavy (non-hydrogen) atoms. The van der Waals surface area contributed by atoms with Gasteiger partial charge in [-0.1, -0.05) is 74.6 Å². The van der Waals surface area contributed by atoms with Crippen LogP contribution in [0.5, 0.6) is 0 Å². The predicted octanol–water partition coefficient (Wildman–Crippen LogP) is 7.18. The van der Waals surface area contributed by atoms with Crippen LogP contribution in [0.4, 0.5) is 11.4 Å². The smallest absolute Gasteiger partial charge is 0.185 e. The first-order valence-corrected chi connectivity index (χ1v) is 15.6. The molecular formula is C37H52N4O. The van der Waals surface area contributed by atoms with Crippen LogP contribution in [0.2, 0.25) is 0 Å². The first-order chi connectivity index (χ1) is 20.3. The highest BCUT2D eigenvalue weighted by Crippen LogP contribution is 2.26. The number of carbonyl (C=O) groups excluding carboxylic acids is 1. The minimum Gasteiger partial charge on any atom is -0.375 e. The van der Waals surface area contributed by atoms with Crippen molar-refractivity contribution in [2.24, 2.45) is 0 Å². The maximum Gasteiger partial charge on any atom is 0.185 e. The Morgan fingerprint density at radius 2 is 0.976 bits per heavy atom. The van der Waals surface area contributed by atoms with E-state index in [4.69, 9.17) is 0 Å². The summed E-state index contributed by atoms with van der Waals surface area (Å²) in [5.41, 5.74) is 6.51. The zero-order chi connectivity index (χ0) is 30.3. The van der Waals surface area contributed by atoms with Crippen LogP contribution in [0.15, 0.2) is 84.0 Å². The van der Waals surface area contributed by atoms with E-state index in [0.717, 1.165) is 87.2 Å². The van der Waals surface area contributed by atoms with Crippen molar-refractivity contribution in [3.05, 3.63) is 95.1 Å². The summed E-state index contributed by atoms with van der Waals surface area (Å²) in [6, 6.07) is 17.2. The molecule has 0 bridgehead atoms. The molecule has 5 heteroatoms. The maximum absolute atomic E-state index is 12.9. The summed E-state index contributed by atoms with van der Waals surface area (Å²) in [5, 5.41) is 0. The number of nitrogens with zero attached hydrogens (tertiary/aromatic N) is 4. The highest BCUT2D eigenvalue weighted by atomic mass is 16.1. The van der Waals surface area contributed by atoms with Gasteiger partial charge >= 0.3 is 0 Å². The van der Waals surface area contributed by atoms with Crippen LogP contribution in [0.1, 0.15) is 50.7 Å². The Balaban J connectivity index is 1.47. The average Bonchev–Trinajstić information content (AvgIpc) is 3.35. The molecule has 1 aliphatic carbocycles. The second-order valence-electron chi connectivity index (χ2n) is 11.5. The van der Waals surface area contributed by atoms with Gasteiger partial charge in [-0.15, -0.1) is 0 Å². The molecule has 0 heterocycles. The van der Waals surface area contributed by atoms with Crippen molar-refractivity contribution in [1.29, 1.82) is 0 Å². The summed E-state index contributed by atoms with van der Waals surface area (Å²) >= 11 is 0. The molecule has 0 unspecified atom stereocenters. The molecule has 0 spiro atoms. The van der Waals surface area contributed by atoms with Gasteiger partial charge in [-0.3, -0.25) is 4.79 Å². The molecule has 226 valence electrons. The zero-order valence-electron chi connectivity index (χ0n) is 26.9. The first-order valence-electron chi connectivity index (χ1n) is 15.6. The number of hydrogen-bond donors (Lipinski definition) is 0. The number of carbonyl (C=O) groups is 1. The number of anilines is 2. The van der Waals surface area contributed by atoms with Crippen molar-refractivity contribution in [1.82, 2.24) is 9.80 Å². The van der Waals surface area contributed by atoms with Crippen molar-refractivity contribution in [3.63, 3.8) is 0 Å². The minimum absolute atomic E-state index is 0.167. The van der Waals surface area contributed by atoms with Gasteiger partial charge in [-0.25, -0.2) is 0 Å². The Hall–Kier alpha value is -3.41. The minimum atomic E-state index is 0.167. The van der Waals surface area contributed by atoms with Gasteiger partial charge in [0.2, 0.25) is 0 Å². The molecule has 0 aromatic heterocycles. The topological polar surface area (TPSA) is 30.0 Å². The Morgan fingerprint density at radius 1 is 0.595 bits per heavy atom. The molecule has 0 saturated heterocycles. The fourth-order valence-electron chi connectivity index (χ4n) is 4.98. The second kappa shape index (κ2) is 17.5. The summed E-state index contributed by atoms with van der Waals surface area (Å²) in [5.74, 6) is 0.167. The van der Waals surface area contributed by atoms with E-state index in [-0.39, 0.29) is 5.78 Å². The lowest BCUT2D eigenvalue weighted by atomic mass is 10.1. The molecule has 3 rings (SSSR count). The Morgan fingerprint density at radius 3 is 1.33 bits per heavy atom. The molecule has 0 N–H and O–H groups in total. The monoisotopic (exact) mass is 568 g/mol. The molecule has 1 saturated carbocycles. The third kappa shape index (κ3) is 10.8. The number of ketones is 1. The molecule has 0 amide bonds. The number of benzene rings is 2. The number of hydrogen-bond acceptors (Lipinski definition) is 5. The third-order valence-electron chi connectivity index (χ3n) is 8.23. The second-order valence-corrected chi connectivity index (χ2v) is 11.5. The average molecular weight is 569 g/mol. The summed E-state index contributed by atoms with van der Waals surface area (Å²) in [6.07, 6.45) is 16.0. The van der Waals surface area contributed by atoms with E-state index in [1.165, 1.54) is 11.4 Å². The van der Waals surface area contributed by atoms with E-state index in [0.29, 0.717) is 0 Å². The fourth-order valence-corrected chi connectivity index (χ4v) is 4.98. The van der Waals surface area contributed by atoms with Crippen LogP contribution in [0.25, 0.3) is 12.2 Å². The van der Waals surface area contributed by atoms with Crippen LogP contribution < -0.4 is 9.80 Å². The van der Waals surface area contributed by atoms with Gasteiger partial charge in [-0.05, 0) is 101 Å². The number of Topliss-reactive ketones (excluding diaryl/α,β-unsaturated/α-hetero) is 1. The summed E-state index contributed by atoms with van der Waals surface area (Å²) in [6.45, 7) is 10.9. The molecule has 1 fully saturated rings. The largest absolute Gasteiger partial charge is 0.375 e. The van der Waals surface area contributed by atoms with Gasteiger partial charge in [0.05, 0.1) is 0 Å². The highest BCUT2D eigenvalue weighted by Gasteiger charge is 2.21. The van der Waals surface area contributed by atoms with Gasteiger partial charge in [0.25, 0.3) is 0 Å². The first kappa shape index (κ1) is 33.1. The third-order valence-corrected chi connectivity index (χ3v) is 8.23. The molecule has 1 aliphatic rings. The lowest BCUT2D eigenvalue weighted by Gasteiger charge is -2.21.